The molecule has 0 saturated heterocycles. The van der Waals surface area contributed by atoms with Crippen molar-refractivity contribution in [1.29, 1.82) is 0 Å². The molecular weight excluding hydrogens is 361 g/mol. The molecule has 0 atom stereocenters. The maximum absolute atomic E-state index is 12.7. The Kier molecular flexibility index (Phi) is 3.59. The van der Waals surface area contributed by atoms with Crippen LogP contribution in [0, 0.1) is 0 Å². The first-order chi connectivity index (χ1) is 9.58. The molecule has 2 aromatic carbocycles. The molecule has 3 aromatic rings. The molecule has 1 heterocycles. The normalized spacial score (nSPS) is 10.9. The second kappa shape index (κ2) is 5.24. The Hall–Kier alpha value is -1.29. The standard InChI is InChI=1S/C15H8BrCl2NO/c16-8-4-5-11(17)9(6-8)15(20)10-7-19-13-3-1-2-12(18)14(10)13/h1-7,19H. The zero-order valence-corrected chi connectivity index (χ0v) is 13.2. The van der Waals surface area contributed by atoms with Crippen LogP contribution in [-0.2, 0) is 0 Å². The first kappa shape index (κ1) is 13.7. The summed E-state index contributed by atoms with van der Waals surface area (Å²) in [6.45, 7) is 0. The highest BCUT2D eigenvalue weighted by Gasteiger charge is 2.18. The Morgan fingerprint density at radius 1 is 1.05 bits per heavy atom. The number of H-pyrrole nitrogens is 1. The molecule has 0 unspecified atom stereocenters. The minimum atomic E-state index is -0.157. The Labute approximate surface area is 133 Å². The van der Waals surface area contributed by atoms with Crippen LogP contribution in [0.4, 0.5) is 0 Å². The predicted molar refractivity (Wildman–Crippen MR) is 85.9 cm³/mol. The largest absolute Gasteiger partial charge is 0.360 e. The summed E-state index contributed by atoms with van der Waals surface area (Å²) >= 11 is 15.7. The fourth-order valence-electron chi connectivity index (χ4n) is 2.14. The molecule has 20 heavy (non-hydrogen) atoms. The minimum absolute atomic E-state index is 0.157. The van der Waals surface area contributed by atoms with Crippen LogP contribution in [-0.4, -0.2) is 10.8 Å². The van der Waals surface area contributed by atoms with Crippen molar-refractivity contribution in [2.24, 2.45) is 0 Å². The number of aromatic nitrogens is 1. The van der Waals surface area contributed by atoms with Crippen LogP contribution < -0.4 is 0 Å². The second-order valence-corrected chi connectivity index (χ2v) is 6.05. The SMILES string of the molecule is O=C(c1cc(Br)ccc1Cl)c1c[nH]c2cccc(Cl)c12. The maximum Gasteiger partial charge on any atom is 0.196 e. The van der Waals surface area contributed by atoms with E-state index < -0.39 is 0 Å². The van der Waals surface area contributed by atoms with Gasteiger partial charge < -0.3 is 4.98 Å². The van der Waals surface area contributed by atoms with E-state index >= 15 is 0 Å². The lowest BCUT2D eigenvalue weighted by Gasteiger charge is -2.04. The quantitative estimate of drug-likeness (QED) is 0.598. The fourth-order valence-corrected chi connectivity index (χ4v) is 2.98. The Morgan fingerprint density at radius 2 is 1.85 bits per heavy atom. The van der Waals surface area contributed by atoms with E-state index in [-0.39, 0.29) is 5.78 Å². The molecule has 1 aromatic heterocycles. The summed E-state index contributed by atoms with van der Waals surface area (Å²) in [6, 6.07) is 10.7. The van der Waals surface area contributed by atoms with Crippen molar-refractivity contribution in [2.75, 3.05) is 0 Å². The van der Waals surface area contributed by atoms with Gasteiger partial charge in [-0.25, -0.2) is 0 Å². The van der Waals surface area contributed by atoms with Crippen molar-refractivity contribution in [1.82, 2.24) is 4.98 Å². The Balaban J connectivity index is 2.21. The van der Waals surface area contributed by atoms with Crippen LogP contribution in [0.15, 0.2) is 47.1 Å². The summed E-state index contributed by atoms with van der Waals surface area (Å²) in [7, 11) is 0. The number of nitrogens with one attached hydrogen (secondary N) is 1. The van der Waals surface area contributed by atoms with Gasteiger partial charge >= 0.3 is 0 Å². The highest BCUT2D eigenvalue weighted by Crippen LogP contribution is 2.30. The van der Waals surface area contributed by atoms with E-state index in [0.29, 0.717) is 21.2 Å². The van der Waals surface area contributed by atoms with Crippen LogP contribution in [0.1, 0.15) is 15.9 Å². The van der Waals surface area contributed by atoms with E-state index in [4.69, 9.17) is 23.2 Å². The topological polar surface area (TPSA) is 32.9 Å². The fraction of sp³-hybridized carbons (Fsp3) is 0. The third kappa shape index (κ3) is 2.26. The minimum Gasteiger partial charge on any atom is -0.360 e. The van der Waals surface area contributed by atoms with E-state index in [1.165, 1.54) is 0 Å². The van der Waals surface area contributed by atoms with Crippen LogP contribution >= 0.6 is 39.1 Å². The van der Waals surface area contributed by atoms with Crippen LogP contribution in [0.5, 0.6) is 0 Å². The van der Waals surface area contributed by atoms with Gasteiger partial charge in [0.2, 0.25) is 0 Å². The lowest BCUT2D eigenvalue weighted by molar-refractivity contribution is 0.104. The average molecular weight is 369 g/mol. The van der Waals surface area contributed by atoms with E-state index in [9.17, 15) is 4.79 Å². The number of carbonyl (C=O) groups is 1. The second-order valence-electron chi connectivity index (χ2n) is 4.32. The number of halogens is 3. The third-order valence-electron chi connectivity index (χ3n) is 3.07. The number of hydrogen-bond acceptors (Lipinski definition) is 1. The molecular formula is C15H8BrCl2NO. The van der Waals surface area contributed by atoms with Gasteiger partial charge in [-0.3, -0.25) is 4.79 Å². The monoisotopic (exact) mass is 367 g/mol. The number of rotatable bonds is 2. The van der Waals surface area contributed by atoms with Gasteiger partial charge in [0, 0.05) is 32.7 Å². The van der Waals surface area contributed by atoms with Gasteiger partial charge in [-0.1, -0.05) is 45.2 Å². The number of benzene rings is 2. The van der Waals surface area contributed by atoms with Gasteiger partial charge in [0.25, 0.3) is 0 Å². The van der Waals surface area contributed by atoms with Crippen LogP contribution in [0.25, 0.3) is 10.9 Å². The predicted octanol–water partition coefficient (Wildman–Crippen LogP) is 5.47. The summed E-state index contributed by atoms with van der Waals surface area (Å²) in [5, 5.41) is 1.67. The van der Waals surface area contributed by atoms with Crippen molar-refractivity contribution in [3.63, 3.8) is 0 Å². The van der Waals surface area contributed by atoms with Gasteiger partial charge in [0.1, 0.15) is 0 Å². The number of hydrogen-bond donors (Lipinski definition) is 1. The zero-order chi connectivity index (χ0) is 14.3. The lowest BCUT2D eigenvalue weighted by Crippen LogP contribution is -2.01. The smallest absolute Gasteiger partial charge is 0.196 e. The van der Waals surface area contributed by atoms with Gasteiger partial charge in [-0.05, 0) is 30.3 Å². The van der Waals surface area contributed by atoms with E-state index in [1.54, 1.807) is 30.5 Å². The van der Waals surface area contributed by atoms with Crippen molar-refractivity contribution >= 4 is 55.8 Å². The molecule has 100 valence electrons. The van der Waals surface area contributed by atoms with Gasteiger partial charge in [0.05, 0.1) is 10.0 Å². The Bertz CT molecular complexity index is 826. The first-order valence-corrected chi connectivity index (χ1v) is 7.38. The molecule has 0 aliphatic heterocycles. The summed E-state index contributed by atoms with van der Waals surface area (Å²) in [6.07, 6.45) is 1.66. The summed E-state index contributed by atoms with van der Waals surface area (Å²) < 4.78 is 0.802. The molecule has 0 radical (unpaired) electrons. The number of aromatic amines is 1. The molecule has 0 saturated carbocycles. The number of fused-ring (bicyclic) bond motifs is 1. The van der Waals surface area contributed by atoms with Crippen molar-refractivity contribution < 1.29 is 4.79 Å². The third-order valence-corrected chi connectivity index (χ3v) is 4.21. The average Bonchev–Trinajstić information content (AvgIpc) is 2.86. The van der Waals surface area contributed by atoms with Crippen molar-refractivity contribution in [3.05, 3.63) is 68.2 Å². The Morgan fingerprint density at radius 3 is 2.65 bits per heavy atom. The maximum atomic E-state index is 12.7. The molecule has 2 nitrogen and oxygen atoms in total. The molecule has 1 N–H and O–H groups in total. The number of carbonyl (C=O) groups excluding carboxylic acids is 1. The van der Waals surface area contributed by atoms with Crippen molar-refractivity contribution in [2.45, 2.75) is 0 Å². The summed E-state index contributed by atoms with van der Waals surface area (Å²) in [4.78, 5) is 15.7. The molecule has 5 heteroatoms. The number of ketones is 1. The molecule has 3 rings (SSSR count). The highest BCUT2D eigenvalue weighted by atomic mass is 79.9. The zero-order valence-electron chi connectivity index (χ0n) is 10.1. The highest BCUT2D eigenvalue weighted by molar-refractivity contribution is 9.10. The van der Waals surface area contributed by atoms with Gasteiger partial charge in [0.15, 0.2) is 5.78 Å². The summed E-state index contributed by atoms with van der Waals surface area (Å²) in [5.74, 6) is -0.157. The molecule has 0 aliphatic rings. The molecule has 0 amide bonds. The van der Waals surface area contributed by atoms with Crippen molar-refractivity contribution in [3.8, 4) is 0 Å². The summed E-state index contributed by atoms with van der Waals surface area (Å²) in [5.41, 5.74) is 1.79. The van der Waals surface area contributed by atoms with Crippen LogP contribution in [0.2, 0.25) is 10.0 Å². The van der Waals surface area contributed by atoms with E-state index in [1.807, 2.05) is 12.1 Å². The van der Waals surface area contributed by atoms with E-state index in [0.717, 1.165) is 15.4 Å². The first-order valence-electron chi connectivity index (χ1n) is 5.83. The van der Waals surface area contributed by atoms with Gasteiger partial charge in [-0.2, -0.15) is 0 Å². The molecule has 0 fully saturated rings. The van der Waals surface area contributed by atoms with Gasteiger partial charge in [-0.15, -0.1) is 0 Å². The molecule has 0 spiro atoms. The molecule has 0 aliphatic carbocycles. The van der Waals surface area contributed by atoms with Crippen LogP contribution in [0.3, 0.4) is 0 Å². The lowest BCUT2D eigenvalue weighted by atomic mass is 10.0. The van der Waals surface area contributed by atoms with E-state index in [2.05, 4.69) is 20.9 Å². The molecule has 0 bridgehead atoms.